The summed E-state index contributed by atoms with van der Waals surface area (Å²) >= 11 is 0. The third-order valence-corrected chi connectivity index (χ3v) is 2.21. The van der Waals surface area contributed by atoms with Gasteiger partial charge in [0.2, 0.25) is 0 Å². The maximum atomic E-state index is 10.7. The number of carbonyl (C=O) groups excluding carboxylic acids is 1. The van der Waals surface area contributed by atoms with Crippen molar-refractivity contribution in [3.63, 3.8) is 0 Å². The summed E-state index contributed by atoms with van der Waals surface area (Å²) in [7, 11) is -3.05. The second-order valence-corrected chi connectivity index (χ2v) is 4.69. The maximum Gasteiger partial charge on any atom is 0.407 e. The van der Waals surface area contributed by atoms with Gasteiger partial charge in [-0.1, -0.05) is 0 Å². The summed E-state index contributed by atoms with van der Waals surface area (Å²) < 4.78 is 26.0. The Kier molecular flexibility index (Phi) is 2.03. The third-order valence-electron chi connectivity index (χ3n) is 1.24. The molecule has 0 aliphatic carbocycles. The molecule has 1 atom stereocenters. The van der Waals surface area contributed by atoms with Gasteiger partial charge in [0.15, 0.2) is 9.84 Å². The number of alkyl carbamates (subject to hydrolysis) is 1. The van der Waals surface area contributed by atoms with Crippen LogP contribution in [0.25, 0.3) is 0 Å². The normalized spacial score (nSPS) is 24.5. The Bertz CT molecular complexity index is 258. The first-order valence-electron chi connectivity index (χ1n) is 3.09. The van der Waals surface area contributed by atoms with Gasteiger partial charge in [-0.05, 0) is 0 Å². The summed E-state index contributed by atoms with van der Waals surface area (Å²) in [6, 6.07) is 0. The highest BCUT2D eigenvalue weighted by molar-refractivity contribution is 7.90. The molecule has 1 amide bonds. The molecule has 0 radical (unpaired) electrons. The van der Waals surface area contributed by atoms with Crippen molar-refractivity contribution in [1.29, 1.82) is 0 Å². The highest BCUT2D eigenvalue weighted by atomic mass is 32.2. The van der Waals surface area contributed by atoms with E-state index in [2.05, 4.69) is 10.1 Å². The smallest absolute Gasteiger partial charge is 0.407 e. The van der Waals surface area contributed by atoms with Gasteiger partial charge in [0.1, 0.15) is 6.10 Å². The van der Waals surface area contributed by atoms with Crippen LogP contribution in [0.5, 0.6) is 0 Å². The van der Waals surface area contributed by atoms with E-state index >= 15 is 0 Å². The molecular formula is C5H9NO4S. The van der Waals surface area contributed by atoms with Crippen molar-refractivity contribution >= 4 is 15.9 Å². The fourth-order valence-corrected chi connectivity index (χ4v) is 1.72. The first kappa shape index (κ1) is 8.32. The molecule has 0 bridgehead atoms. The lowest BCUT2D eigenvalue weighted by Crippen LogP contribution is -2.23. The van der Waals surface area contributed by atoms with Gasteiger partial charge in [-0.3, -0.25) is 0 Å². The van der Waals surface area contributed by atoms with Crippen LogP contribution in [0.4, 0.5) is 4.79 Å². The van der Waals surface area contributed by atoms with Crippen molar-refractivity contribution in [2.75, 3.05) is 18.6 Å². The number of cyclic esters (lactones) is 1. The first-order valence-corrected chi connectivity index (χ1v) is 5.15. The quantitative estimate of drug-likeness (QED) is 0.598. The SMILES string of the molecule is CS(=O)(=O)CC1CNC(=O)O1. The fraction of sp³-hybridized carbons (Fsp3) is 0.800. The Labute approximate surface area is 64.6 Å². The zero-order valence-electron chi connectivity index (χ0n) is 6.03. The Morgan fingerprint density at radius 3 is 2.73 bits per heavy atom. The van der Waals surface area contributed by atoms with Crippen LogP contribution in [0, 0.1) is 0 Å². The van der Waals surface area contributed by atoms with Gasteiger partial charge in [0, 0.05) is 6.26 Å². The van der Waals surface area contributed by atoms with Crippen molar-refractivity contribution in [2.24, 2.45) is 0 Å². The lowest BCUT2D eigenvalue weighted by atomic mass is 10.4. The van der Waals surface area contributed by atoms with Crippen molar-refractivity contribution < 1.29 is 17.9 Å². The van der Waals surface area contributed by atoms with Crippen LogP contribution in [-0.4, -0.2) is 39.2 Å². The molecular weight excluding hydrogens is 170 g/mol. The summed E-state index contributed by atoms with van der Waals surface area (Å²) in [6.45, 7) is 0.284. The van der Waals surface area contributed by atoms with Crippen molar-refractivity contribution in [1.82, 2.24) is 5.32 Å². The van der Waals surface area contributed by atoms with Crippen LogP contribution in [0.1, 0.15) is 0 Å². The highest BCUT2D eigenvalue weighted by Gasteiger charge is 2.25. The molecule has 1 saturated heterocycles. The van der Waals surface area contributed by atoms with Gasteiger partial charge in [-0.2, -0.15) is 0 Å². The summed E-state index contributed by atoms with van der Waals surface area (Å²) in [5.74, 6) is -0.105. The number of hydrogen-bond donors (Lipinski definition) is 1. The molecule has 1 heterocycles. The molecule has 0 aromatic carbocycles. The molecule has 1 fully saturated rings. The molecule has 0 saturated carbocycles. The van der Waals surface area contributed by atoms with Crippen molar-refractivity contribution in [2.45, 2.75) is 6.10 Å². The van der Waals surface area contributed by atoms with Gasteiger partial charge in [0.05, 0.1) is 12.3 Å². The molecule has 1 N–H and O–H groups in total. The number of carbonyl (C=O) groups is 1. The lowest BCUT2D eigenvalue weighted by Gasteiger charge is -2.03. The molecule has 1 unspecified atom stereocenters. The molecule has 1 rings (SSSR count). The number of sulfone groups is 1. The predicted octanol–water partition coefficient (Wildman–Crippen LogP) is -0.861. The van der Waals surface area contributed by atoms with E-state index in [1.807, 2.05) is 0 Å². The average Bonchev–Trinajstić information content (AvgIpc) is 2.10. The van der Waals surface area contributed by atoms with Gasteiger partial charge >= 0.3 is 6.09 Å². The molecule has 5 nitrogen and oxygen atoms in total. The summed E-state index contributed by atoms with van der Waals surface area (Å²) in [4.78, 5) is 10.4. The van der Waals surface area contributed by atoms with Gasteiger partial charge < -0.3 is 10.1 Å². The van der Waals surface area contributed by atoms with Crippen LogP contribution in [0.3, 0.4) is 0 Å². The monoisotopic (exact) mass is 179 g/mol. The Morgan fingerprint density at radius 2 is 2.36 bits per heavy atom. The second kappa shape index (κ2) is 2.69. The molecule has 6 heteroatoms. The molecule has 64 valence electrons. The highest BCUT2D eigenvalue weighted by Crippen LogP contribution is 2.02. The van der Waals surface area contributed by atoms with E-state index in [0.29, 0.717) is 0 Å². The maximum absolute atomic E-state index is 10.7. The zero-order chi connectivity index (χ0) is 8.48. The standard InChI is InChI=1S/C5H9NO4S/c1-11(8,9)3-4-2-6-5(7)10-4/h4H,2-3H2,1H3,(H,6,7). The van der Waals surface area contributed by atoms with E-state index in [-0.39, 0.29) is 12.3 Å². The summed E-state index contributed by atoms with van der Waals surface area (Å²) in [5.41, 5.74) is 0. The molecule has 11 heavy (non-hydrogen) atoms. The number of hydrogen-bond acceptors (Lipinski definition) is 4. The van der Waals surface area contributed by atoms with E-state index in [9.17, 15) is 13.2 Å². The summed E-state index contributed by atoms with van der Waals surface area (Å²) in [6.07, 6.45) is 0.0512. The van der Waals surface area contributed by atoms with Gasteiger partial charge in [-0.25, -0.2) is 13.2 Å². The van der Waals surface area contributed by atoms with Crippen LogP contribution in [0.15, 0.2) is 0 Å². The van der Waals surface area contributed by atoms with Crippen molar-refractivity contribution in [3.8, 4) is 0 Å². The zero-order valence-corrected chi connectivity index (χ0v) is 6.85. The molecule has 0 aromatic rings. The molecule has 1 aliphatic rings. The minimum atomic E-state index is -3.05. The van der Waals surface area contributed by atoms with Crippen LogP contribution >= 0.6 is 0 Å². The number of rotatable bonds is 2. The minimum Gasteiger partial charge on any atom is -0.443 e. The third kappa shape index (κ3) is 2.75. The molecule has 0 spiro atoms. The number of nitrogens with one attached hydrogen (secondary N) is 1. The Hall–Kier alpha value is -0.780. The van der Waals surface area contributed by atoms with E-state index < -0.39 is 22.0 Å². The Balaban J connectivity index is 2.47. The number of amides is 1. The lowest BCUT2D eigenvalue weighted by molar-refractivity contribution is 0.149. The largest absolute Gasteiger partial charge is 0.443 e. The van der Waals surface area contributed by atoms with E-state index in [1.54, 1.807) is 0 Å². The van der Waals surface area contributed by atoms with Gasteiger partial charge in [-0.15, -0.1) is 0 Å². The van der Waals surface area contributed by atoms with Crippen LogP contribution in [-0.2, 0) is 14.6 Å². The molecule has 1 aliphatic heterocycles. The van der Waals surface area contributed by atoms with Crippen molar-refractivity contribution in [3.05, 3.63) is 0 Å². The Morgan fingerprint density at radius 1 is 1.73 bits per heavy atom. The average molecular weight is 179 g/mol. The van der Waals surface area contributed by atoms with E-state index in [1.165, 1.54) is 0 Å². The fourth-order valence-electron chi connectivity index (χ4n) is 0.862. The summed E-state index contributed by atoms with van der Waals surface area (Å²) in [5, 5.41) is 2.37. The van der Waals surface area contributed by atoms with Crippen LogP contribution < -0.4 is 5.32 Å². The van der Waals surface area contributed by atoms with E-state index in [4.69, 9.17) is 0 Å². The predicted molar refractivity (Wildman–Crippen MR) is 38.0 cm³/mol. The minimum absolute atomic E-state index is 0.105. The van der Waals surface area contributed by atoms with Crippen LogP contribution in [0.2, 0.25) is 0 Å². The van der Waals surface area contributed by atoms with Gasteiger partial charge in [0.25, 0.3) is 0 Å². The topological polar surface area (TPSA) is 72.5 Å². The first-order chi connectivity index (χ1) is 4.97. The number of ether oxygens (including phenoxy) is 1. The second-order valence-electron chi connectivity index (χ2n) is 2.50. The van der Waals surface area contributed by atoms with E-state index in [0.717, 1.165) is 6.26 Å². The molecule has 0 aromatic heterocycles.